The molecule has 0 saturated carbocycles. The maximum Gasteiger partial charge on any atom is 0.337 e. The molecule has 6 heteroatoms. The van der Waals surface area contributed by atoms with E-state index in [0.717, 1.165) is 16.3 Å². The van der Waals surface area contributed by atoms with Gasteiger partial charge in [0.15, 0.2) is 5.11 Å². The minimum Gasteiger partial charge on any atom is -0.496 e. The molecule has 1 atom stereocenters. The van der Waals surface area contributed by atoms with Crippen LogP contribution in [0.15, 0.2) is 47.7 Å². The van der Waals surface area contributed by atoms with Gasteiger partial charge in [0.05, 0.1) is 25.8 Å². The SMILES string of the molecule is COC(=O)C1=C(C)NC(=S)NC1c1c(OC)ccc2ccccc12. The molecule has 0 bridgehead atoms. The van der Waals surface area contributed by atoms with Crippen LogP contribution in [-0.4, -0.2) is 25.3 Å². The highest BCUT2D eigenvalue weighted by molar-refractivity contribution is 7.80. The van der Waals surface area contributed by atoms with Crippen LogP contribution in [0, 0.1) is 0 Å². The molecule has 0 amide bonds. The molecule has 0 aliphatic carbocycles. The molecule has 0 spiro atoms. The van der Waals surface area contributed by atoms with E-state index in [4.69, 9.17) is 21.7 Å². The molecule has 0 radical (unpaired) electrons. The number of thiocarbonyl (C=S) groups is 1. The Morgan fingerprint density at radius 1 is 1.17 bits per heavy atom. The van der Waals surface area contributed by atoms with Crippen molar-refractivity contribution in [1.82, 2.24) is 10.6 Å². The van der Waals surface area contributed by atoms with Crippen LogP contribution in [0.4, 0.5) is 0 Å². The third-order valence-corrected chi connectivity index (χ3v) is 4.33. The Labute approximate surface area is 145 Å². The van der Waals surface area contributed by atoms with Crippen molar-refractivity contribution in [2.24, 2.45) is 0 Å². The van der Waals surface area contributed by atoms with Crippen LogP contribution in [0.2, 0.25) is 0 Å². The summed E-state index contributed by atoms with van der Waals surface area (Å²) < 4.78 is 10.5. The Morgan fingerprint density at radius 2 is 1.92 bits per heavy atom. The van der Waals surface area contributed by atoms with Crippen LogP contribution >= 0.6 is 12.2 Å². The Bertz CT molecular complexity index is 860. The number of hydrogen-bond acceptors (Lipinski definition) is 4. The summed E-state index contributed by atoms with van der Waals surface area (Å²) in [7, 11) is 2.98. The number of methoxy groups -OCH3 is 2. The second kappa shape index (κ2) is 6.49. The largest absolute Gasteiger partial charge is 0.496 e. The van der Waals surface area contributed by atoms with Gasteiger partial charge >= 0.3 is 5.97 Å². The molecule has 2 N–H and O–H groups in total. The molecular formula is C18H18N2O3S. The van der Waals surface area contributed by atoms with Gasteiger partial charge in [0.25, 0.3) is 0 Å². The molecule has 1 heterocycles. The lowest BCUT2D eigenvalue weighted by atomic mass is 9.90. The number of nitrogens with one attached hydrogen (secondary N) is 2. The molecular weight excluding hydrogens is 324 g/mol. The van der Waals surface area contributed by atoms with Gasteiger partial charge in [-0.05, 0) is 36.0 Å². The van der Waals surface area contributed by atoms with E-state index >= 15 is 0 Å². The van der Waals surface area contributed by atoms with Gasteiger partial charge in [0, 0.05) is 11.3 Å². The number of ether oxygens (including phenoxy) is 2. The monoisotopic (exact) mass is 342 g/mol. The quantitative estimate of drug-likeness (QED) is 0.661. The molecule has 0 fully saturated rings. The van der Waals surface area contributed by atoms with Crippen molar-refractivity contribution >= 4 is 34.1 Å². The fraction of sp³-hybridized carbons (Fsp3) is 0.222. The molecule has 0 aromatic heterocycles. The zero-order chi connectivity index (χ0) is 17.3. The Balaban J connectivity index is 2.29. The highest BCUT2D eigenvalue weighted by Crippen LogP contribution is 2.38. The highest BCUT2D eigenvalue weighted by atomic mass is 32.1. The van der Waals surface area contributed by atoms with Crippen molar-refractivity contribution in [3.05, 3.63) is 53.2 Å². The molecule has 0 saturated heterocycles. The van der Waals surface area contributed by atoms with Gasteiger partial charge in [-0.2, -0.15) is 0 Å². The third-order valence-electron chi connectivity index (χ3n) is 4.11. The van der Waals surface area contributed by atoms with E-state index in [1.54, 1.807) is 7.11 Å². The van der Waals surface area contributed by atoms with Gasteiger partial charge in [0.1, 0.15) is 5.75 Å². The van der Waals surface area contributed by atoms with Crippen molar-refractivity contribution in [2.75, 3.05) is 14.2 Å². The zero-order valence-electron chi connectivity index (χ0n) is 13.7. The summed E-state index contributed by atoms with van der Waals surface area (Å²) in [6.45, 7) is 1.81. The fourth-order valence-electron chi connectivity index (χ4n) is 3.04. The number of esters is 1. The average Bonchev–Trinajstić information content (AvgIpc) is 2.59. The summed E-state index contributed by atoms with van der Waals surface area (Å²) in [6.07, 6.45) is 0. The van der Waals surface area contributed by atoms with E-state index < -0.39 is 12.0 Å². The standard InChI is InChI=1S/C18H18N2O3S/c1-10-14(17(21)23-3)16(20-18(24)19-10)15-12-7-5-4-6-11(12)8-9-13(15)22-2/h4-9,16H,1-3H3,(H2,19,20,24). The lowest BCUT2D eigenvalue weighted by Crippen LogP contribution is -2.45. The number of carbonyl (C=O) groups is 1. The van der Waals surface area contributed by atoms with E-state index in [-0.39, 0.29) is 0 Å². The second-order valence-corrected chi connectivity index (χ2v) is 5.87. The average molecular weight is 342 g/mol. The van der Waals surface area contributed by atoms with Crippen molar-refractivity contribution in [1.29, 1.82) is 0 Å². The van der Waals surface area contributed by atoms with Crippen molar-refractivity contribution in [2.45, 2.75) is 13.0 Å². The van der Waals surface area contributed by atoms with E-state index in [1.165, 1.54) is 7.11 Å². The highest BCUT2D eigenvalue weighted by Gasteiger charge is 2.33. The van der Waals surface area contributed by atoms with E-state index in [2.05, 4.69) is 10.6 Å². The molecule has 1 unspecified atom stereocenters. The summed E-state index contributed by atoms with van der Waals surface area (Å²) >= 11 is 5.29. The van der Waals surface area contributed by atoms with Crippen LogP contribution in [0.3, 0.4) is 0 Å². The molecule has 2 aromatic rings. The van der Waals surface area contributed by atoms with Crippen molar-refractivity contribution in [3.63, 3.8) is 0 Å². The number of rotatable bonds is 3. The molecule has 3 rings (SSSR count). The molecule has 124 valence electrons. The summed E-state index contributed by atoms with van der Waals surface area (Å²) in [4.78, 5) is 12.4. The Hall–Kier alpha value is -2.60. The first-order valence-electron chi connectivity index (χ1n) is 7.49. The molecule has 1 aliphatic rings. The topological polar surface area (TPSA) is 59.6 Å². The van der Waals surface area contributed by atoms with E-state index in [1.807, 2.05) is 43.3 Å². The minimum atomic E-state index is -0.452. The van der Waals surface area contributed by atoms with E-state index in [9.17, 15) is 4.79 Å². The van der Waals surface area contributed by atoms with Crippen molar-refractivity contribution in [3.8, 4) is 5.75 Å². The first kappa shape index (κ1) is 16.3. The fourth-order valence-corrected chi connectivity index (χ4v) is 3.31. The molecule has 1 aliphatic heterocycles. The number of allylic oxidation sites excluding steroid dienone is 1. The molecule has 2 aromatic carbocycles. The maximum absolute atomic E-state index is 12.4. The molecule has 24 heavy (non-hydrogen) atoms. The summed E-state index contributed by atoms with van der Waals surface area (Å²) in [5, 5.41) is 8.67. The van der Waals surface area contributed by atoms with Gasteiger partial charge in [-0.1, -0.05) is 30.3 Å². The second-order valence-electron chi connectivity index (χ2n) is 5.46. The predicted octanol–water partition coefficient (Wildman–Crippen LogP) is 2.81. The van der Waals surface area contributed by atoms with Crippen LogP contribution in [0.1, 0.15) is 18.5 Å². The van der Waals surface area contributed by atoms with Crippen LogP contribution in [0.5, 0.6) is 5.75 Å². The van der Waals surface area contributed by atoms with Crippen LogP contribution in [-0.2, 0) is 9.53 Å². The lowest BCUT2D eigenvalue weighted by Gasteiger charge is -2.31. The van der Waals surface area contributed by atoms with Crippen LogP contribution < -0.4 is 15.4 Å². The number of benzene rings is 2. The Morgan fingerprint density at radius 3 is 2.62 bits per heavy atom. The first-order chi connectivity index (χ1) is 11.6. The van der Waals surface area contributed by atoms with Gasteiger partial charge in [-0.25, -0.2) is 4.79 Å². The van der Waals surface area contributed by atoms with Gasteiger partial charge < -0.3 is 20.1 Å². The van der Waals surface area contributed by atoms with Gasteiger partial charge in [0.2, 0.25) is 0 Å². The van der Waals surface area contributed by atoms with Crippen LogP contribution in [0.25, 0.3) is 10.8 Å². The summed E-state index contributed by atoms with van der Waals surface area (Å²) in [5.74, 6) is 0.278. The summed E-state index contributed by atoms with van der Waals surface area (Å²) in [6, 6.07) is 11.4. The Kier molecular flexibility index (Phi) is 4.40. The number of fused-ring (bicyclic) bond motifs is 1. The minimum absolute atomic E-state index is 0.407. The number of hydrogen-bond donors (Lipinski definition) is 2. The third kappa shape index (κ3) is 2.69. The van der Waals surface area contributed by atoms with Gasteiger partial charge in [-0.3, -0.25) is 0 Å². The molecule has 5 nitrogen and oxygen atoms in total. The maximum atomic E-state index is 12.4. The number of carbonyl (C=O) groups excluding carboxylic acids is 1. The smallest absolute Gasteiger partial charge is 0.337 e. The first-order valence-corrected chi connectivity index (χ1v) is 7.90. The lowest BCUT2D eigenvalue weighted by molar-refractivity contribution is -0.136. The zero-order valence-corrected chi connectivity index (χ0v) is 14.5. The van der Waals surface area contributed by atoms with Crippen molar-refractivity contribution < 1.29 is 14.3 Å². The normalized spacial score (nSPS) is 17.3. The predicted molar refractivity (Wildman–Crippen MR) is 96.8 cm³/mol. The summed E-state index contributed by atoms with van der Waals surface area (Å²) in [5.41, 5.74) is 2.02. The van der Waals surface area contributed by atoms with E-state index in [0.29, 0.717) is 22.1 Å². The van der Waals surface area contributed by atoms with Gasteiger partial charge in [-0.15, -0.1) is 0 Å².